The predicted octanol–water partition coefficient (Wildman–Crippen LogP) is 1.17. The molecule has 0 aliphatic carbocycles. The quantitative estimate of drug-likeness (QED) is 0.768. The van der Waals surface area contributed by atoms with Gasteiger partial charge in [-0.2, -0.15) is 0 Å². The van der Waals surface area contributed by atoms with Gasteiger partial charge in [-0.1, -0.05) is 6.07 Å². The van der Waals surface area contributed by atoms with E-state index in [2.05, 4.69) is 19.8 Å². The third kappa shape index (κ3) is 4.23. The first-order chi connectivity index (χ1) is 13.7. The molecule has 8 nitrogen and oxygen atoms in total. The second-order valence-electron chi connectivity index (χ2n) is 6.95. The molecule has 2 saturated heterocycles. The molecular formula is C20H25N5O3. The standard InChI is InChI=1S/C20H25N5O3/c1-27-18-4-2-3-17(11-18)25-6-5-23(15-19(25)26)14-16-12-21-20(22-13-16)24-7-9-28-10-8-24/h2-4,11-13H,5-10,14-15H2,1H3. The Balaban J connectivity index is 1.35. The Hall–Kier alpha value is -2.71. The van der Waals surface area contributed by atoms with Crippen molar-refractivity contribution in [2.75, 3.05) is 62.8 Å². The topological polar surface area (TPSA) is 71.0 Å². The molecule has 0 radical (unpaired) electrons. The van der Waals surface area contributed by atoms with Crippen molar-refractivity contribution in [3.8, 4) is 5.75 Å². The van der Waals surface area contributed by atoms with Gasteiger partial charge in [-0.25, -0.2) is 9.97 Å². The van der Waals surface area contributed by atoms with Crippen LogP contribution in [0.4, 0.5) is 11.6 Å². The molecule has 1 amide bonds. The van der Waals surface area contributed by atoms with E-state index in [9.17, 15) is 4.79 Å². The van der Waals surface area contributed by atoms with Gasteiger partial charge in [0.2, 0.25) is 11.9 Å². The van der Waals surface area contributed by atoms with Crippen LogP contribution >= 0.6 is 0 Å². The molecule has 2 fully saturated rings. The first kappa shape index (κ1) is 18.6. The lowest BCUT2D eigenvalue weighted by atomic mass is 10.2. The normalized spacial score (nSPS) is 18.4. The molecule has 8 heteroatoms. The first-order valence-corrected chi connectivity index (χ1v) is 9.53. The zero-order valence-corrected chi connectivity index (χ0v) is 16.1. The fraction of sp³-hybridized carbons (Fsp3) is 0.450. The molecule has 0 saturated carbocycles. The number of carbonyl (C=O) groups excluding carboxylic acids is 1. The highest BCUT2D eigenvalue weighted by Gasteiger charge is 2.25. The molecule has 0 spiro atoms. The van der Waals surface area contributed by atoms with Crippen molar-refractivity contribution in [3.63, 3.8) is 0 Å². The fourth-order valence-electron chi connectivity index (χ4n) is 3.52. The molecule has 0 bridgehead atoms. The number of methoxy groups -OCH3 is 1. The summed E-state index contributed by atoms with van der Waals surface area (Å²) in [5.41, 5.74) is 1.89. The van der Waals surface area contributed by atoms with Crippen LogP contribution in [0.5, 0.6) is 5.75 Å². The monoisotopic (exact) mass is 383 g/mol. The number of ether oxygens (including phenoxy) is 2. The lowest BCUT2D eigenvalue weighted by Crippen LogP contribution is -2.50. The molecule has 3 heterocycles. The Morgan fingerprint density at radius 2 is 1.89 bits per heavy atom. The molecule has 0 atom stereocenters. The summed E-state index contributed by atoms with van der Waals surface area (Å²) in [6, 6.07) is 7.62. The Morgan fingerprint density at radius 3 is 2.61 bits per heavy atom. The molecule has 0 N–H and O–H groups in total. The van der Waals surface area contributed by atoms with Gasteiger partial charge in [0.25, 0.3) is 0 Å². The van der Waals surface area contributed by atoms with Crippen LogP contribution < -0.4 is 14.5 Å². The lowest BCUT2D eigenvalue weighted by Gasteiger charge is -2.34. The average molecular weight is 383 g/mol. The Kier molecular flexibility index (Phi) is 5.68. The second kappa shape index (κ2) is 8.53. The summed E-state index contributed by atoms with van der Waals surface area (Å²) in [5, 5.41) is 0. The molecule has 4 rings (SSSR count). The number of carbonyl (C=O) groups is 1. The smallest absolute Gasteiger partial charge is 0.241 e. The van der Waals surface area contributed by atoms with E-state index in [0.717, 1.165) is 42.6 Å². The van der Waals surface area contributed by atoms with E-state index in [4.69, 9.17) is 9.47 Å². The third-order valence-corrected chi connectivity index (χ3v) is 5.06. The van der Waals surface area contributed by atoms with Crippen molar-refractivity contribution in [3.05, 3.63) is 42.2 Å². The van der Waals surface area contributed by atoms with Gasteiger partial charge in [0.15, 0.2) is 0 Å². The van der Waals surface area contributed by atoms with Gasteiger partial charge in [-0.3, -0.25) is 9.69 Å². The van der Waals surface area contributed by atoms with Crippen molar-refractivity contribution in [2.45, 2.75) is 6.54 Å². The molecular weight excluding hydrogens is 358 g/mol. The van der Waals surface area contributed by atoms with Gasteiger partial charge in [0.1, 0.15) is 5.75 Å². The largest absolute Gasteiger partial charge is 0.497 e. The zero-order valence-electron chi connectivity index (χ0n) is 16.1. The molecule has 1 aromatic carbocycles. The van der Waals surface area contributed by atoms with E-state index in [-0.39, 0.29) is 5.91 Å². The van der Waals surface area contributed by atoms with Gasteiger partial charge >= 0.3 is 0 Å². The highest BCUT2D eigenvalue weighted by molar-refractivity contribution is 5.95. The Labute approximate surface area is 164 Å². The number of nitrogens with zero attached hydrogens (tertiary/aromatic N) is 5. The van der Waals surface area contributed by atoms with Crippen LogP contribution in [0.2, 0.25) is 0 Å². The van der Waals surface area contributed by atoms with Crippen molar-refractivity contribution >= 4 is 17.5 Å². The fourth-order valence-corrected chi connectivity index (χ4v) is 3.52. The minimum atomic E-state index is 0.0883. The van der Waals surface area contributed by atoms with Gasteiger partial charge < -0.3 is 19.3 Å². The number of aromatic nitrogens is 2. The molecule has 2 aromatic rings. The van der Waals surface area contributed by atoms with Gasteiger partial charge in [0, 0.05) is 62.4 Å². The van der Waals surface area contributed by atoms with Gasteiger partial charge in [-0.05, 0) is 12.1 Å². The maximum atomic E-state index is 12.6. The summed E-state index contributed by atoms with van der Waals surface area (Å²) < 4.78 is 10.6. The number of morpholine rings is 1. The minimum Gasteiger partial charge on any atom is -0.497 e. The van der Waals surface area contributed by atoms with Crippen LogP contribution in [-0.4, -0.2) is 73.8 Å². The SMILES string of the molecule is COc1cccc(N2CCN(Cc3cnc(N4CCOCC4)nc3)CC2=O)c1. The van der Waals surface area contributed by atoms with Crippen molar-refractivity contribution in [2.24, 2.45) is 0 Å². The lowest BCUT2D eigenvalue weighted by molar-refractivity contribution is -0.121. The maximum absolute atomic E-state index is 12.6. The molecule has 2 aliphatic rings. The van der Waals surface area contributed by atoms with Gasteiger partial charge in [-0.15, -0.1) is 0 Å². The predicted molar refractivity (Wildman–Crippen MR) is 106 cm³/mol. The van der Waals surface area contributed by atoms with E-state index in [0.29, 0.717) is 32.8 Å². The summed E-state index contributed by atoms with van der Waals surface area (Å²) >= 11 is 0. The number of hydrogen-bond donors (Lipinski definition) is 0. The number of piperazine rings is 1. The van der Waals surface area contributed by atoms with Crippen molar-refractivity contribution in [1.29, 1.82) is 0 Å². The zero-order chi connectivity index (χ0) is 19.3. The van der Waals surface area contributed by atoms with Crippen LogP contribution in [-0.2, 0) is 16.1 Å². The summed E-state index contributed by atoms with van der Waals surface area (Å²) in [7, 11) is 1.63. The second-order valence-corrected chi connectivity index (χ2v) is 6.95. The Morgan fingerprint density at radius 1 is 1.11 bits per heavy atom. The van der Waals surface area contributed by atoms with E-state index < -0.39 is 0 Å². The van der Waals surface area contributed by atoms with Crippen molar-refractivity contribution in [1.82, 2.24) is 14.9 Å². The summed E-state index contributed by atoms with van der Waals surface area (Å²) in [6.45, 7) is 5.56. The third-order valence-electron chi connectivity index (χ3n) is 5.06. The number of anilines is 2. The average Bonchev–Trinajstić information content (AvgIpc) is 2.75. The number of benzene rings is 1. The summed E-state index contributed by atoms with van der Waals surface area (Å²) in [5.74, 6) is 1.58. The van der Waals surface area contributed by atoms with E-state index in [1.54, 1.807) is 7.11 Å². The molecule has 148 valence electrons. The van der Waals surface area contributed by atoms with E-state index in [1.807, 2.05) is 41.6 Å². The van der Waals surface area contributed by atoms with Crippen LogP contribution in [0, 0.1) is 0 Å². The number of rotatable bonds is 5. The molecule has 0 unspecified atom stereocenters. The van der Waals surface area contributed by atoms with Crippen LogP contribution in [0.25, 0.3) is 0 Å². The molecule has 28 heavy (non-hydrogen) atoms. The number of amides is 1. The van der Waals surface area contributed by atoms with Crippen LogP contribution in [0.1, 0.15) is 5.56 Å². The van der Waals surface area contributed by atoms with Crippen LogP contribution in [0.3, 0.4) is 0 Å². The van der Waals surface area contributed by atoms with Crippen molar-refractivity contribution < 1.29 is 14.3 Å². The molecule has 1 aromatic heterocycles. The Bertz CT molecular complexity index is 808. The highest BCUT2D eigenvalue weighted by Crippen LogP contribution is 2.23. The van der Waals surface area contributed by atoms with Crippen LogP contribution in [0.15, 0.2) is 36.7 Å². The minimum absolute atomic E-state index is 0.0883. The maximum Gasteiger partial charge on any atom is 0.241 e. The number of hydrogen-bond acceptors (Lipinski definition) is 7. The molecule has 2 aliphatic heterocycles. The summed E-state index contributed by atoms with van der Waals surface area (Å²) in [4.78, 5) is 27.7. The highest BCUT2D eigenvalue weighted by atomic mass is 16.5. The van der Waals surface area contributed by atoms with E-state index >= 15 is 0 Å². The first-order valence-electron chi connectivity index (χ1n) is 9.53. The summed E-state index contributed by atoms with van der Waals surface area (Å²) in [6.07, 6.45) is 3.72. The van der Waals surface area contributed by atoms with E-state index in [1.165, 1.54) is 0 Å². The van der Waals surface area contributed by atoms with Gasteiger partial charge in [0.05, 0.1) is 26.9 Å².